The highest BCUT2D eigenvalue weighted by atomic mass is 16.6. The molecule has 0 saturated carbocycles. The molecule has 0 spiro atoms. The van der Waals surface area contributed by atoms with E-state index in [-0.39, 0.29) is 6.10 Å². The van der Waals surface area contributed by atoms with Crippen LogP contribution in [0.1, 0.15) is 25.3 Å². The third kappa shape index (κ3) is 6.73. The first-order valence-electron chi connectivity index (χ1n) is 7.23. The minimum atomic E-state index is -0.0604. The second-order valence-electron chi connectivity index (χ2n) is 4.74. The van der Waals surface area contributed by atoms with Crippen LogP contribution >= 0.6 is 0 Å². The Kier molecular flexibility index (Phi) is 8.76. The molecule has 0 heterocycles. The van der Waals surface area contributed by atoms with E-state index in [9.17, 15) is 0 Å². The van der Waals surface area contributed by atoms with E-state index in [1.54, 1.807) is 13.2 Å². The lowest BCUT2D eigenvalue weighted by molar-refractivity contribution is -0.00747. The van der Waals surface area contributed by atoms with Crippen LogP contribution in [0.15, 0.2) is 36.9 Å². The lowest BCUT2D eigenvalue weighted by Crippen LogP contribution is -2.26. The molecule has 0 saturated heterocycles. The zero-order valence-electron chi connectivity index (χ0n) is 12.6. The molecule has 1 unspecified atom stereocenters. The van der Waals surface area contributed by atoms with Crippen LogP contribution in [-0.4, -0.2) is 33.0 Å². The molecule has 3 heteroatoms. The summed E-state index contributed by atoms with van der Waals surface area (Å²) in [6.45, 7) is 7.35. The summed E-state index contributed by atoms with van der Waals surface area (Å²) in [5.74, 6) is 0.871. The minimum absolute atomic E-state index is 0.0604. The molecule has 0 aliphatic rings. The van der Waals surface area contributed by atoms with Crippen molar-refractivity contribution in [2.45, 2.75) is 32.3 Å². The van der Waals surface area contributed by atoms with Crippen LogP contribution in [0.5, 0.6) is 5.75 Å². The fraction of sp³-hybridized carbons (Fsp3) is 0.529. The summed E-state index contributed by atoms with van der Waals surface area (Å²) in [7, 11) is 1.67. The van der Waals surface area contributed by atoms with E-state index in [1.165, 1.54) is 18.4 Å². The molecule has 1 rings (SSSR count). The van der Waals surface area contributed by atoms with Gasteiger partial charge in [-0.15, -0.1) is 6.58 Å². The van der Waals surface area contributed by atoms with Crippen molar-refractivity contribution >= 4 is 0 Å². The maximum absolute atomic E-state index is 5.72. The van der Waals surface area contributed by atoms with E-state index in [0.29, 0.717) is 19.8 Å². The summed E-state index contributed by atoms with van der Waals surface area (Å²) < 4.78 is 16.4. The van der Waals surface area contributed by atoms with Gasteiger partial charge in [0.05, 0.1) is 13.2 Å². The monoisotopic (exact) mass is 278 g/mol. The first-order valence-corrected chi connectivity index (χ1v) is 7.23. The Labute approximate surface area is 122 Å². The second-order valence-corrected chi connectivity index (χ2v) is 4.74. The summed E-state index contributed by atoms with van der Waals surface area (Å²) in [6.07, 6.45) is 5.25. The lowest BCUT2D eigenvalue weighted by Gasteiger charge is -2.16. The predicted molar refractivity (Wildman–Crippen MR) is 82.4 cm³/mol. The van der Waals surface area contributed by atoms with Gasteiger partial charge in [-0.25, -0.2) is 0 Å². The Bertz CT molecular complexity index is 359. The van der Waals surface area contributed by atoms with Crippen LogP contribution in [0.25, 0.3) is 0 Å². The molecule has 0 N–H and O–H groups in total. The van der Waals surface area contributed by atoms with E-state index in [2.05, 4.69) is 25.6 Å². The molecule has 1 aromatic carbocycles. The van der Waals surface area contributed by atoms with Gasteiger partial charge in [-0.1, -0.05) is 31.6 Å². The van der Waals surface area contributed by atoms with Crippen LogP contribution in [0.2, 0.25) is 0 Å². The van der Waals surface area contributed by atoms with Crippen molar-refractivity contribution in [2.75, 3.05) is 26.9 Å². The first kappa shape index (κ1) is 16.7. The Morgan fingerprint density at radius 2 is 1.95 bits per heavy atom. The average Bonchev–Trinajstić information content (AvgIpc) is 2.49. The van der Waals surface area contributed by atoms with Crippen LogP contribution in [0, 0.1) is 0 Å². The fourth-order valence-electron chi connectivity index (χ4n) is 1.79. The summed E-state index contributed by atoms with van der Waals surface area (Å²) in [5, 5.41) is 0. The van der Waals surface area contributed by atoms with Gasteiger partial charge in [0.1, 0.15) is 18.5 Å². The van der Waals surface area contributed by atoms with E-state index >= 15 is 0 Å². The average molecular weight is 278 g/mol. The molecular weight excluding hydrogens is 252 g/mol. The molecule has 0 radical (unpaired) electrons. The van der Waals surface area contributed by atoms with Gasteiger partial charge < -0.3 is 14.2 Å². The molecule has 0 fully saturated rings. The smallest absolute Gasteiger partial charge is 0.119 e. The minimum Gasteiger partial charge on any atom is -0.491 e. The quantitative estimate of drug-likeness (QED) is 0.457. The normalized spacial score (nSPS) is 12.1. The number of ether oxygens (including phenoxy) is 3. The van der Waals surface area contributed by atoms with Gasteiger partial charge in [0.25, 0.3) is 0 Å². The molecule has 112 valence electrons. The number of aryl methyl sites for hydroxylation is 1. The first-order chi connectivity index (χ1) is 9.80. The number of hydrogen-bond acceptors (Lipinski definition) is 3. The zero-order chi connectivity index (χ0) is 14.6. The third-order valence-corrected chi connectivity index (χ3v) is 3.05. The SMILES string of the molecule is C=CCOCC(COc1ccc(CCCC)cc1)OC. The molecule has 0 aliphatic heterocycles. The van der Waals surface area contributed by atoms with Crippen LogP contribution in [0.4, 0.5) is 0 Å². The number of hydrogen-bond donors (Lipinski definition) is 0. The standard InChI is InChI=1S/C17H26O3/c1-4-6-7-15-8-10-16(11-9-15)20-14-17(18-3)13-19-12-5-2/h5,8-11,17H,2,4,6-7,12-14H2,1,3H3. The third-order valence-electron chi connectivity index (χ3n) is 3.05. The summed E-state index contributed by atoms with van der Waals surface area (Å²) in [6, 6.07) is 8.28. The molecule has 0 bridgehead atoms. The highest BCUT2D eigenvalue weighted by Crippen LogP contribution is 2.14. The number of unbranched alkanes of at least 4 members (excludes halogenated alkanes) is 1. The molecule has 1 aromatic rings. The van der Waals surface area contributed by atoms with Gasteiger partial charge in [0, 0.05) is 7.11 Å². The van der Waals surface area contributed by atoms with Crippen molar-refractivity contribution in [1.82, 2.24) is 0 Å². The van der Waals surface area contributed by atoms with Crippen molar-refractivity contribution < 1.29 is 14.2 Å². The van der Waals surface area contributed by atoms with Gasteiger partial charge in [0.15, 0.2) is 0 Å². The molecular formula is C17H26O3. The van der Waals surface area contributed by atoms with Crippen molar-refractivity contribution in [3.05, 3.63) is 42.5 Å². The molecule has 20 heavy (non-hydrogen) atoms. The van der Waals surface area contributed by atoms with Crippen molar-refractivity contribution in [3.63, 3.8) is 0 Å². The predicted octanol–water partition coefficient (Wildman–Crippen LogP) is 3.63. The lowest BCUT2D eigenvalue weighted by atomic mass is 10.1. The molecule has 3 nitrogen and oxygen atoms in total. The summed E-state index contributed by atoms with van der Waals surface area (Å²) in [4.78, 5) is 0. The Morgan fingerprint density at radius 3 is 2.55 bits per heavy atom. The van der Waals surface area contributed by atoms with Gasteiger partial charge in [0.2, 0.25) is 0 Å². The number of methoxy groups -OCH3 is 1. The topological polar surface area (TPSA) is 27.7 Å². The van der Waals surface area contributed by atoms with Crippen molar-refractivity contribution in [1.29, 1.82) is 0 Å². The maximum atomic E-state index is 5.72. The van der Waals surface area contributed by atoms with Crippen LogP contribution in [0.3, 0.4) is 0 Å². The van der Waals surface area contributed by atoms with Gasteiger partial charge >= 0.3 is 0 Å². The molecule has 0 aliphatic carbocycles. The van der Waals surface area contributed by atoms with E-state index in [1.807, 2.05) is 12.1 Å². The highest BCUT2D eigenvalue weighted by Gasteiger charge is 2.08. The summed E-state index contributed by atoms with van der Waals surface area (Å²) >= 11 is 0. The Morgan fingerprint density at radius 1 is 1.20 bits per heavy atom. The van der Waals surface area contributed by atoms with E-state index in [0.717, 1.165) is 12.2 Å². The maximum Gasteiger partial charge on any atom is 0.119 e. The largest absolute Gasteiger partial charge is 0.491 e. The second kappa shape index (κ2) is 10.5. The zero-order valence-corrected chi connectivity index (χ0v) is 12.6. The molecule has 0 aromatic heterocycles. The van der Waals surface area contributed by atoms with Crippen LogP contribution in [-0.2, 0) is 15.9 Å². The summed E-state index contributed by atoms with van der Waals surface area (Å²) in [5.41, 5.74) is 1.36. The van der Waals surface area contributed by atoms with Crippen molar-refractivity contribution in [3.8, 4) is 5.75 Å². The molecule has 1 atom stereocenters. The van der Waals surface area contributed by atoms with E-state index in [4.69, 9.17) is 14.2 Å². The Balaban J connectivity index is 2.33. The number of rotatable bonds is 11. The highest BCUT2D eigenvalue weighted by molar-refractivity contribution is 5.27. The number of benzene rings is 1. The van der Waals surface area contributed by atoms with E-state index < -0.39 is 0 Å². The van der Waals surface area contributed by atoms with Gasteiger partial charge in [-0.05, 0) is 30.5 Å². The van der Waals surface area contributed by atoms with Gasteiger partial charge in [-0.3, -0.25) is 0 Å². The Hall–Kier alpha value is -1.32. The molecule has 0 amide bonds. The fourth-order valence-corrected chi connectivity index (χ4v) is 1.79. The van der Waals surface area contributed by atoms with Crippen molar-refractivity contribution in [2.24, 2.45) is 0 Å². The van der Waals surface area contributed by atoms with Gasteiger partial charge in [-0.2, -0.15) is 0 Å². The van der Waals surface area contributed by atoms with Crippen LogP contribution < -0.4 is 4.74 Å².